The van der Waals surface area contributed by atoms with Crippen molar-refractivity contribution in [3.63, 3.8) is 0 Å². The summed E-state index contributed by atoms with van der Waals surface area (Å²) >= 11 is 1.59. The van der Waals surface area contributed by atoms with Crippen LogP contribution < -0.4 is 4.90 Å². The molecule has 0 saturated carbocycles. The first-order chi connectivity index (χ1) is 11.8. The lowest BCUT2D eigenvalue weighted by Gasteiger charge is -2.28. The van der Waals surface area contributed by atoms with Gasteiger partial charge in [0.1, 0.15) is 0 Å². The fraction of sp³-hybridized carbons (Fsp3) is 0.471. The summed E-state index contributed by atoms with van der Waals surface area (Å²) in [5.41, 5.74) is 1.21. The first-order valence-corrected chi connectivity index (χ1v) is 9.08. The van der Waals surface area contributed by atoms with Crippen molar-refractivity contribution in [1.29, 1.82) is 5.26 Å². The summed E-state index contributed by atoms with van der Waals surface area (Å²) in [5.74, 6) is 1.59. The van der Waals surface area contributed by atoms with Crippen molar-refractivity contribution in [2.75, 3.05) is 37.0 Å². The minimum atomic E-state index is -0.0105. The van der Waals surface area contributed by atoms with E-state index >= 15 is 0 Å². The van der Waals surface area contributed by atoms with Crippen molar-refractivity contribution in [2.24, 2.45) is 5.92 Å². The first-order valence-electron chi connectivity index (χ1n) is 8.10. The highest BCUT2D eigenvalue weighted by Gasteiger charge is 2.21. The Morgan fingerprint density at radius 1 is 1.25 bits per heavy atom. The molecule has 0 aliphatic carbocycles. The van der Waals surface area contributed by atoms with Gasteiger partial charge in [-0.1, -0.05) is 42.1 Å². The fourth-order valence-corrected chi connectivity index (χ4v) is 3.40. The van der Waals surface area contributed by atoms with Crippen LogP contribution in [0.3, 0.4) is 0 Å². The molecular weight excluding hydrogens is 322 g/mol. The molecule has 1 fully saturated rings. The lowest BCUT2D eigenvalue weighted by atomic mass is 10.2. The van der Waals surface area contributed by atoms with Crippen molar-refractivity contribution in [3.05, 3.63) is 35.9 Å². The Bertz CT molecular complexity index is 691. The second-order valence-corrected chi connectivity index (χ2v) is 6.78. The van der Waals surface area contributed by atoms with Crippen LogP contribution in [0, 0.1) is 17.2 Å². The number of thioether (sulfide) groups is 1. The number of hydrogen-bond donors (Lipinski definition) is 0. The van der Waals surface area contributed by atoms with Crippen molar-refractivity contribution in [1.82, 2.24) is 14.8 Å². The zero-order valence-corrected chi connectivity index (χ0v) is 14.6. The van der Waals surface area contributed by atoms with Crippen LogP contribution in [-0.4, -0.2) is 46.8 Å². The topological polar surface area (TPSA) is 67.0 Å². The molecule has 1 aromatic carbocycles. The van der Waals surface area contributed by atoms with E-state index in [2.05, 4.69) is 37.9 Å². The Labute approximate surface area is 146 Å². The molecule has 0 amide bonds. The Kier molecular flexibility index (Phi) is 5.72. The van der Waals surface area contributed by atoms with E-state index in [9.17, 15) is 0 Å². The number of benzene rings is 1. The summed E-state index contributed by atoms with van der Waals surface area (Å²) in [6.45, 7) is 5.73. The molecule has 2 aromatic rings. The van der Waals surface area contributed by atoms with Crippen LogP contribution >= 0.6 is 11.8 Å². The minimum Gasteiger partial charge on any atom is -0.378 e. The molecule has 6 nitrogen and oxygen atoms in total. The molecule has 7 heteroatoms. The van der Waals surface area contributed by atoms with Crippen molar-refractivity contribution < 1.29 is 4.74 Å². The maximum atomic E-state index is 9.00. The molecule has 0 spiro atoms. The second-order valence-electron chi connectivity index (χ2n) is 5.79. The second kappa shape index (κ2) is 8.18. The molecule has 0 N–H and O–H groups in total. The third-order valence-corrected chi connectivity index (χ3v) is 5.08. The van der Waals surface area contributed by atoms with Gasteiger partial charge in [-0.25, -0.2) is 0 Å². The zero-order valence-electron chi connectivity index (χ0n) is 13.8. The van der Waals surface area contributed by atoms with Gasteiger partial charge in [0.2, 0.25) is 5.95 Å². The average Bonchev–Trinajstić information content (AvgIpc) is 3.04. The Morgan fingerprint density at radius 2 is 2.00 bits per heavy atom. The lowest BCUT2D eigenvalue weighted by Crippen LogP contribution is -2.38. The minimum absolute atomic E-state index is 0.0105. The number of nitrogens with zero attached hydrogens (tertiary/aromatic N) is 5. The SMILES string of the molecule is C[C@@H](C#N)CSc1nnc(N2CCOCC2)n1Cc1ccccc1. The zero-order chi connectivity index (χ0) is 16.8. The van der Waals surface area contributed by atoms with Crippen molar-refractivity contribution >= 4 is 17.7 Å². The summed E-state index contributed by atoms with van der Waals surface area (Å²) in [4.78, 5) is 2.22. The average molecular weight is 343 g/mol. The smallest absolute Gasteiger partial charge is 0.228 e. The number of rotatable bonds is 6. The van der Waals surface area contributed by atoms with Gasteiger partial charge in [-0.15, -0.1) is 10.2 Å². The Morgan fingerprint density at radius 3 is 2.71 bits per heavy atom. The van der Waals surface area contributed by atoms with Gasteiger partial charge in [0, 0.05) is 18.8 Å². The van der Waals surface area contributed by atoms with Gasteiger partial charge >= 0.3 is 0 Å². The van der Waals surface area contributed by atoms with E-state index in [4.69, 9.17) is 10.00 Å². The molecule has 1 saturated heterocycles. The molecule has 1 aliphatic rings. The van der Waals surface area contributed by atoms with Crippen LogP contribution in [0.4, 0.5) is 5.95 Å². The number of hydrogen-bond acceptors (Lipinski definition) is 6. The standard InChI is InChI=1S/C17H21N5OS/c1-14(11-18)13-24-17-20-19-16(21-7-9-23-10-8-21)22(17)12-15-5-3-2-4-6-15/h2-6,14H,7-10,12-13H2,1H3/t14-/m0/s1. The third-order valence-electron chi connectivity index (χ3n) is 3.86. The Hall–Kier alpha value is -2.04. The van der Waals surface area contributed by atoms with E-state index in [1.54, 1.807) is 11.8 Å². The monoisotopic (exact) mass is 343 g/mol. The van der Waals surface area contributed by atoms with Crippen LogP contribution in [0.25, 0.3) is 0 Å². The summed E-state index contributed by atoms with van der Waals surface area (Å²) in [6, 6.07) is 12.6. The van der Waals surface area contributed by atoms with Gasteiger partial charge in [0.15, 0.2) is 5.16 Å². The number of nitriles is 1. The van der Waals surface area contributed by atoms with E-state index < -0.39 is 0 Å². The van der Waals surface area contributed by atoms with Crippen LogP contribution in [0.15, 0.2) is 35.5 Å². The molecule has 1 aromatic heterocycles. The molecular formula is C17H21N5OS. The number of aromatic nitrogens is 3. The summed E-state index contributed by atoms with van der Waals surface area (Å²) in [6.07, 6.45) is 0. The molecule has 2 heterocycles. The fourth-order valence-electron chi connectivity index (χ4n) is 2.53. The van der Waals surface area contributed by atoms with Crippen molar-refractivity contribution in [3.8, 4) is 6.07 Å². The molecule has 1 atom stereocenters. The summed E-state index contributed by atoms with van der Waals surface area (Å²) < 4.78 is 7.59. The highest BCUT2D eigenvalue weighted by atomic mass is 32.2. The third kappa shape index (κ3) is 4.08. The number of morpholine rings is 1. The number of anilines is 1. The van der Waals surface area contributed by atoms with Gasteiger partial charge in [-0.05, 0) is 12.5 Å². The highest BCUT2D eigenvalue weighted by molar-refractivity contribution is 7.99. The van der Waals surface area contributed by atoms with E-state index in [-0.39, 0.29) is 5.92 Å². The van der Waals surface area contributed by atoms with E-state index in [1.807, 2.05) is 25.1 Å². The summed E-state index contributed by atoms with van der Waals surface area (Å²) in [7, 11) is 0. The van der Waals surface area contributed by atoms with Crippen LogP contribution in [0.1, 0.15) is 12.5 Å². The largest absolute Gasteiger partial charge is 0.378 e. The van der Waals surface area contributed by atoms with E-state index in [1.165, 1.54) is 5.56 Å². The highest BCUT2D eigenvalue weighted by Crippen LogP contribution is 2.25. The maximum absolute atomic E-state index is 9.00. The van der Waals surface area contributed by atoms with E-state index in [0.29, 0.717) is 19.0 Å². The first kappa shape index (κ1) is 16.8. The Balaban J connectivity index is 1.85. The normalized spacial score (nSPS) is 15.9. The molecule has 1 aliphatic heterocycles. The van der Waals surface area contributed by atoms with Gasteiger partial charge in [-0.2, -0.15) is 5.26 Å². The lowest BCUT2D eigenvalue weighted by molar-refractivity contribution is 0.121. The molecule has 0 bridgehead atoms. The maximum Gasteiger partial charge on any atom is 0.228 e. The molecule has 24 heavy (non-hydrogen) atoms. The van der Waals surface area contributed by atoms with Crippen LogP contribution in [0.5, 0.6) is 0 Å². The molecule has 126 valence electrons. The predicted octanol–water partition coefficient (Wildman–Crippen LogP) is 2.41. The van der Waals surface area contributed by atoms with Gasteiger partial charge in [-0.3, -0.25) is 4.57 Å². The molecule has 0 unspecified atom stereocenters. The predicted molar refractivity (Wildman–Crippen MR) is 94.1 cm³/mol. The number of ether oxygens (including phenoxy) is 1. The quantitative estimate of drug-likeness (QED) is 0.751. The van der Waals surface area contributed by atoms with Gasteiger partial charge in [0.25, 0.3) is 0 Å². The van der Waals surface area contributed by atoms with Crippen LogP contribution in [-0.2, 0) is 11.3 Å². The van der Waals surface area contributed by atoms with E-state index in [0.717, 1.165) is 30.7 Å². The summed E-state index contributed by atoms with van der Waals surface area (Å²) in [5, 5.41) is 18.7. The van der Waals surface area contributed by atoms with Crippen LogP contribution in [0.2, 0.25) is 0 Å². The van der Waals surface area contributed by atoms with Gasteiger partial charge in [0.05, 0.1) is 31.7 Å². The molecule has 3 rings (SSSR count). The molecule has 0 radical (unpaired) electrons. The van der Waals surface area contributed by atoms with Crippen molar-refractivity contribution in [2.45, 2.75) is 18.6 Å². The van der Waals surface area contributed by atoms with Gasteiger partial charge < -0.3 is 9.64 Å².